The maximum absolute atomic E-state index is 12.9. The number of aryl methyl sites for hydroxylation is 1. The van der Waals surface area contributed by atoms with Crippen LogP contribution in [0.25, 0.3) is 0 Å². The summed E-state index contributed by atoms with van der Waals surface area (Å²) in [5.74, 6) is 1.37. The first-order valence-electron chi connectivity index (χ1n) is 10.3. The molecule has 0 radical (unpaired) electrons. The number of thiazole rings is 1. The molecule has 0 unspecified atom stereocenters. The molecular weight excluding hydrogens is 370 g/mol. The third kappa shape index (κ3) is 4.20. The molecule has 0 bridgehead atoms. The van der Waals surface area contributed by atoms with Crippen LogP contribution in [0, 0.1) is 6.92 Å². The summed E-state index contributed by atoms with van der Waals surface area (Å²) in [7, 11) is 0. The lowest BCUT2D eigenvalue weighted by molar-refractivity contribution is -0.139. The Kier molecular flexibility index (Phi) is 5.64. The minimum absolute atomic E-state index is 0.160. The highest BCUT2D eigenvalue weighted by Crippen LogP contribution is 2.32. The van der Waals surface area contributed by atoms with Gasteiger partial charge >= 0.3 is 0 Å². The van der Waals surface area contributed by atoms with Crippen LogP contribution in [0.4, 0.5) is 10.9 Å². The van der Waals surface area contributed by atoms with Crippen molar-refractivity contribution in [1.82, 2.24) is 14.9 Å². The zero-order valence-corrected chi connectivity index (χ0v) is 17.3. The van der Waals surface area contributed by atoms with E-state index in [0.29, 0.717) is 5.92 Å². The number of pyridine rings is 1. The van der Waals surface area contributed by atoms with Crippen LogP contribution in [-0.4, -0.2) is 39.4 Å². The van der Waals surface area contributed by atoms with Gasteiger partial charge < -0.3 is 16.0 Å². The van der Waals surface area contributed by atoms with Crippen LogP contribution in [-0.2, 0) is 4.79 Å². The molecule has 2 aliphatic rings. The fourth-order valence-electron chi connectivity index (χ4n) is 4.36. The Balaban J connectivity index is 1.37. The quantitative estimate of drug-likeness (QED) is 0.813. The average molecular weight is 400 g/mol. The highest BCUT2D eigenvalue weighted by Gasteiger charge is 2.39. The molecule has 1 aliphatic heterocycles. The van der Waals surface area contributed by atoms with E-state index in [0.717, 1.165) is 68.3 Å². The smallest absolute Gasteiger partial charge is 0.242 e. The summed E-state index contributed by atoms with van der Waals surface area (Å²) in [6.45, 7) is 3.58. The zero-order chi connectivity index (χ0) is 19.6. The second kappa shape index (κ2) is 8.17. The van der Waals surface area contributed by atoms with Crippen molar-refractivity contribution in [2.24, 2.45) is 5.73 Å². The molecule has 4 rings (SSSR count). The van der Waals surface area contributed by atoms with Crippen molar-refractivity contribution in [3.8, 4) is 0 Å². The topological polar surface area (TPSA) is 84.1 Å². The third-order valence-electron chi connectivity index (χ3n) is 6.00. The Morgan fingerprint density at radius 1 is 1.25 bits per heavy atom. The molecule has 0 atom stereocenters. The fourth-order valence-corrected chi connectivity index (χ4v) is 5.03. The number of nitrogens with two attached hydrogens (primary N) is 1. The molecule has 3 N–H and O–H groups in total. The maximum atomic E-state index is 12.9. The number of carbonyl (C=O) groups excluding carboxylic acids is 1. The van der Waals surface area contributed by atoms with Gasteiger partial charge in [0.25, 0.3) is 0 Å². The van der Waals surface area contributed by atoms with Crippen molar-refractivity contribution < 1.29 is 4.79 Å². The molecule has 28 heavy (non-hydrogen) atoms. The first-order valence-corrected chi connectivity index (χ1v) is 11.1. The monoisotopic (exact) mass is 399 g/mol. The SMILES string of the molecule is Cc1cnc(Nc2cccc(C3CCN(C(=O)C4(N)CCCCC4)CC3)n2)s1. The van der Waals surface area contributed by atoms with Crippen LogP contribution in [0.15, 0.2) is 24.4 Å². The van der Waals surface area contributed by atoms with Gasteiger partial charge in [-0.2, -0.15) is 0 Å². The van der Waals surface area contributed by atoms with Crippen molar-refractivity contribution >= 4 is 28.2 Å². The standard InChI is InChI=1S/C21H29N5OS/c1-15-14-23-20(28-15)25-18-7-5-6-17(24-18)16-8-12-26(13-9-16)19(27)21(22)10-3-2-4-11-21/h5-7,14,16H,2-4,8-13,22H2,1H3,(H,23,24,25). The number of nitrogens with one attached hydrogen (secondary N) is 1. The van der Waals surface area contributed by atoms with Crippen LogP contribution < -0.4 is 11.1 Å². The minimum Gasteiger partial charge on any atom is -0.341 e. The molecule has 0 spiro atoms. The van der Waals surface area contributed by atoms with Gasteiger partial charge in [-0.25, -0.2) is 9.97 Å². The molecular formula is C21H29N5OS. The van der Waals surface area contributed by atoms with E-state index in [1.165, 1.54) is 11.3 Å². The summed E-state index contributed by atoms with van der Waals surface area (Å²) < 4.78 is 0. The van der Waals surface area contributed by atoms with Gasteiger partial charge in [0.15, 0.2) is 5.13 Å². The van der Waals surface area contributed by atoms with Crippen LogP contribution in [0.1, 0.15) is 61.4 Å². The van der Waals surface area contributed by atoms with Gasteiger partial charge in [0, 0.05) is 35.8 Å². The molecule has 1 amide bonds. The van der Waals surface area contributed by atoms with Crippen LogP contribution in [0.2, 0.25) is 0 Å². The van der Waals surface area contributed by atoms with Gasteiger partial charge in [-0.15, -0.1) is 11.3 Å². The lowest BCUT2D eigenvalue weighted by Crippen LogP contribution is -2.57. The van der Waals surface area contributed by atoms with E-state index >= 15 is 0 Å². The zero-order valence-electron chi connectivity index (χ0n) is 16.5. The number of carbonyl (C=O) groups is 1. The molecule has 150 valence electrons. The van der Waals surface area contributed by atoms with E-state index < -0.39 is 5.54 Å². The van der Waals surface area contributed by atoms with Crippen molar-refractivity contribution in [3.63, 3.8) is 0 Å². The Morgan fingerprint density at radius 2 is 2.00 bits per heavy atom. The Hall–Kier alpha value is -1.99. The number of nitrogens with zero attached hydrogens (tertiary/aromatic N) is 3. The maximum Gasteiger partial charge on any atom is 0.242 e. The van der Waals surface area contributed by atoms with Gasteiger partial charge in [0.2, 0.25) is 5.91 Å². The normalized spacial score (nSPS) is 20.1. The van der Waals surface area contributed by atoms with Gasteiger partial charge in [0.1, 0.15) is 5.82 Å². The highest BCUT2D eigenvalue weighted by atomic mass is 32.1. The summed E-state index contributed by atoms with van der Waals surface area (Å²) in [5.41, 5.74) is 6.92. The molecule has 2 fully saturated rings. The predicted molar refractivity (Wildman–Crippen MR) is 113 cm³/mol. The van der Waals surface area contributed by atoms with Crippen molar-refractivity contribution in [2.45, 2.75) is 63.3 Å². The molecule has 7 heteroatoms. The predicted octanol–water partition coefficient (Wildman–Crippen LogP) is 3.96. The number of amides is 1. The van der Waals surface area contributed by atoms with E-state index in [1.54, 1.807) is 11.3 Å². The number of rotatable bonds is 4. The molecule has 3 heterocycles. The number of piperidine rings is 1. The summed E-state index contributed by atoms with van der Waals surface area (Å²) >= 11 is 1.62. The van der Waals surface area contributed by atoms with Crippen LogP contribution in [0.5, 0.6) is 0 Å². The molecule has 2 aromatic rings. The van der Waals surface area contributed by atoms with E-state index in [1.807, 2.05) is 30.2 Å². The summed E-state index contributed by atoms with van der Waals surface area (Å²) in [5, 5.41) is 4.16. The van der Waals surface area contributed by atoms with E-state index in [4.69, 9.17) is 10.7 Å². The average Bonchev–Trinajstić information content (AvgIpc) is 3.13. The fraction of sp³-hybridized carbons (Fsp3) is 0.571. The summed E-state index contributed by atoms with van der Waals surface area (Å²) in [6, 6.07) is 6.10. The second-order valence-corrected chi connectivity index (χ2v) is 9.37. The largest absolute Gasteiger partial charge is 0.341 e. The number of hydrogen-bond donors (Lipinski definition) is 2. The van der Waals surface area contributed by atoms with Crippen LogP contribution >= 0.6 is 11.3 Å². The van der Waals surface area contributed by atoms with E-state index in [-0.39, 0.29) is 5.91 Å². The molecule has 6 nitrogen and oxygen atoms in total. The lowest BCUT2D eigenvalue weighted by atomic mass is 9.80. The Morgan fingerprint density at radius 3 is 2.68 bits per heavy atom. The first-order chi connectivity index (χ1) is 13.5. The molecule has 0 aromatic carbocycles. The summed E-state index contributed by atoms with van der Waals surface area (Å²) in [4.78, 5) is 25.3. The number of likely N-dealkylation sites (tertiary alicyclic amines) is 1. The molecule has 1 aliphatic carbocycles. The first kappa shape index (κ1) is 19.3. The van der Waals surface area contributed by atoms with Gasteiger partial charge in [-0.05, 0) is 44.7 Å². The molecule has 1 saturated heterocycles. The third-order valence-corrected chi connectivity index (χ3v) is 6.83. The number of hydrogen-bond acceptors (Lipinski definition) is 6. The summed E-state index contributed by atoms with van der Waals surface area (Å²) in [6.07, 6.45) is 8.74. The van der Waals surface area contributed by atoms with Crippen molar-refractivity contribution in [3.05, 3.63) is 35.0 Å². The molecule has 2 aromatic heterocycles. The Labute approximate surface area is 170 Å². The lowest BCUT2D eigenvalue weighted by Gasteiger charge is -2.40. The van der Waals surface area contributed by atoms with E-state index in [2.05, 4.69) is 16.4 Å². The van der Waals surface area contributed by atoms with E-state index in [9.17, 15) is 4.79 Å². The van der Waals surface area contributed by atoms with Gasteiger partial charge in [-0.3, -0.25) is 4.79 Å². The van der Waals surface area contributed by atoms with Crippen molar-refractivity contribution in [2.75, 3.05) is 18.4 Å². The van der Waals surface area contributed by atoms with Crippen LogP contribution in [0.3, 0.4) is 0 Å². The number of anilines is 2. The minimum atomic E-state index is -0.626. The highest BCUT2D eigenvalue weighted by molar-refractivity contribution is 7.15. The Bertz CT molecular complexity index is 822. The van der Waals surface area contributed by atoms with Gasteiger partial charge in [0.05, 0.1) is 5.54 Å². The molecule has 1 saturated carbocycles. The second-order valence-electron chi connectivity index (χ2n) is 8.13. The van der Waals surface area contributed by atoms with Gasteiger partial charge in [-0.1, -0.05) is 25.3 Å². The van der Waals surface area contributed by atoms with Crippen molar-refractivity contribution in [1.29, 1.82) is 0 Å². The number of aromatic nitrogens is 2.